The molecule has 2 rings (SSSR count). The average Bonchev–Trinajstić information content (AvgIpc) is 2.34. The summed E-state index contributed by atoms with van der Waals surface area (Å²) in [6.07, 6.45) is 3.95. The minimum absolute atomic E-state index is 0.476. The summed E-state index contributed by atoms with van der Waals surface area (Å²) in [5, 5.41) is 3.68. The van der Waals surface area contributed by atoms with Crippen LogP contribution in [0.3, 0.4) is 0 Å². The van der Waals surface area contributed by atoms with Gasteiger partial charge in [0.15, 0.2) is 0 Å². The van der Waals surface area contributed by atoms with Crippen LogP contribution in [0.4, 0.5) is 5.69 Å². The number of rotatable bonds is 3. The van der Waals surface area contributed by atoms with Crippen molar-refractivity contribution in [3.63, 3.8) is 0 Å². The van der Waals surface area contributed by atoms with Crippen LogP contribution in [0, 0.1) is 18.8 Å². The Hall–Kier alpha value is -1.09. The zero-order valence-electron chi connectivity index (χ0n) is 12.1. The molecular weight excluding hydrogens is 252 g/mol. The number of benzene rings is 1. The van der Waals surface area contributed by atoms with Gasteiger partial charge in [0.25, 0.3) is 0 Å². The van der Waals surface area contributed by atoms with E-state index in [1.54, 1.807) is 0 Å². The van der Waals surface area contributed by atoms with Gasteiger partial charge in [-0.05, 0) is 48.9 Å². The summed E-state index contributed by atoms with van der Waals surface area (Å²) in [5.74, 6) is 1.53. The van der Waals surface area contributed by atoms with E-state index in [9.17, 15) is 0 Å². The van der Waals surface area contributed by atoms with Crippen molar-refractivity contribution in [1.82, 2.24) is 0 Å². The summed E-state index contributed by atoms with van der Waals surface area (Å²) in [6, 6.07) is 6.85. The number of hydrogen-bond acceptors (Lipinski definition) is 2. The van der Waals surface area contributed by atoms with Gasteiger partial charge in [-0.2, -0.15) is 0 Å². The Bertz CT molecular complexity index is 470. The van der Waals surface area contributed by atoms with Crippen LogP contribution < -0.4 is 11.1 Å². The smallest absolute Gasteiger partial charge is 0.104 e. The highest BCUT2D eigenvalue weighted by atomic mass is 32.1. The van der Waals surface area contributed by atoms with Crippen LogP contribution in [0.1, 0.15) is 44.2 Å². The molecule has 1 aliphatic rings. The lowest BCUT2D eigenvalue weighted by molar-refractivity contribution is 0.253. The zero-order valence-corrected chi connectivity index (χ0v) is 12.9. The van der Waals surface area contributed by atoms with Crippen LogP contribution in [0.2, 0.25) is 0 Å². The Kier molecular flexibility index (Phi) is 4.46. The molecule has 1 saturated carbocycles. The molecule has 1 aromatic carbocycles. The first-order valence-electron chi connectivity index (χ1n) is 7.16. The molecular formula is C16H24N2S. The zero-order chi connectivity index (χ0) is 14.0. The highest BCUT2D eigenvalue weighted by Gasteiger charge is 2.26. The number of hydrogen-bond donors (Lipinski definition) is 2. The fourth-order valence-electron chi connectivity index (χ4n) is 3.03. The van der Waals surface area contributed by atoms with E-state index in [4.69, 9.17) is 18.0 Å². The third-order valence-corrected chi connectivity index (χ3v) is 4.77. The third kappa shape index (κ3) is 3.27. The maximum atomic E-state index is 5.70. The number of aryl methyl sites for hydroxylation is 1. The first-order chi connectivity index (χ1) is 8.99. The fourth-order valence-corrected chi connectivity index (χ4v) is 3.26. The average molecular weight is 276 g/mol. The van der Waals surface area contributed by atoms with Gasteiger partial charge < -0.3 is 11.1 Å². The summed E-state index contributed by atoms with van der Waals surface area (Å²) in [7, 11) is 0. The summed E-state index contributed by atoms with van der Waals surface area (Å²) in [4.78, 5) is 0.476. The molecule has 0 aromatic heterocycles. The van der Waals surface area contributed by atoms with E-state index in [0.717, 1.165) is 23.0 Å². The van der Waals surface area contributed by atoms with Gasteiger partial charge in [-0.25, -0.2) is 0 Å². The van der Waals surface area contributed by atoms with E-state index in [-0.39, 0.29) is 0 Å². The minimum atomic E-state index is 0.476. The lowest BCUT2D eigenvalue weighted by Crippen LogP contribution is -2.35. The molecule has 0 radical (unpaired) electrons. The van der Waals surface area contributed by atoms with Crippen molar-refractivity contribution in [2.75, 3.05) is 5.32 Å². The summed E-state index contributed by atoms with van der Waals surface area (Å²) < 4.78 is 0. The molecule has 0 aliphatic heterocycles. The summed E-state index contributed by atoms with van der Waals surface area (Å²) >= 11 is 5.05. The maximum absolute atomic E-state index is 5.70. The van der Waals surface area contributed by atoms with Gasteiger partial charge in [-0.3, -0.25) is 0 Å². The van der Waals surface area contributed by atoms with Crippen molar-refractivity contribution in [1.29, 1.82) is 0 Å². The quantitative estimate of drug-likeness (QED) is 0.823. The van der Waals surface area contributed by atoms with E-state index < -0.39 is 0 Å². The summed E-state index contributed by atoms with van der Waals surface area (Å²) in [6.45, 7) is 6.78. The predicted octanol–water partition coefficient (Wildman–Crippen LogP) is 3.87. The van der Waals surface area contributed by atoms with Crippen LogP contribution in [0.15, 0.2) is 18.2 Å². The van der Waals surface area contributed by atoms with Crippen LogP contribution >= 0.6 is 12.2 Å². The van der Waals surface area contributed by atoms with Crippen molar-refractivity contribution < 1.29 is 0 Å². The van der Waals surface area contributed by atoms with Gasteiger partial charge in [-0.15, -0.1) is 0 Å². The third-order valence-electron chi connectivity index (χ3n) is 4.55. The van der Waals surface area contributed by atoms with Crippen LogP contribution in [-0.4, -0.2) is 11.0 Å². The molecule has 0 saturated heterocycles. The number of thiocarbonyl (C=S) groups is 1. The van der Waals surface area contributed by atoms with Gasteiger partial charge in [0.05, 0.1) is 0 Å². The van der Waals surface area contributed by atoms with Crippen LogP contribution in [0.5, 0.6) is 0 Å². The van der Waals surface area contributed by atoms with E-state index in [0.29, 0.717) is 11.0 Å². The lowest BCUT2D eigenvalue weighted by atomic mass is 9.78. The second-order valence-electron chi connectivity index (χ2n) is 5.91. The van der Waals surface area contributed by atoms with Crippen molar-refractivity contribution in [2.45, 2.75) is 46.1 Å². The minimum Gasteiger partial charge on any atom is -0.389 e. The van der Waals surface area contributed by atoms with Gasteiger partial charge in [0.2, 0.25) is 0 Å². The lowest BCUT2D eigenvalue weighted by Gasteiger charge is -2.35. The Morgan fingerprint density at radius 3 is 2.68 bits per heavy atom. The van der Waals surface area contributed by atoms with Crippen molar-refractivity contribution in [3.05, 3.63) is 29.3 Å². The molecule has 3 atom stereocenters. The Morgan fingerprint density at radius 1 is 1.32 bits per heavy atom. The molecule has 104 valence electrons. The van der Waals surface area contributed by atoms with Crippen LogP contribution in [-0.2, 0) is 0 Å². The molecule has 3 N–H and O–H groups in total. The van der Waals surface area contributed by atoms with Crippen molar-refractivity contribution in [3.8, 4) is 0 Å². The molecule has 0 heterocycles. The molecule has 1 fully saturated rings. The molecule has 0 spiro atoms. The van der Waals surface area contributed by atoms with Gasteiger partial charge in [0.1, 0.15) is 4.99 Å². The largest absolute Gasteiger partial charge is 0.389 e. The van der Waals surface area contributed by atoms with Crippen molar-refractivity contribution in [2.24, 2.45) is 17.6 Å². The second kappa shape index (κ2) is 5.91. The first-order valence-corrected chi connectivity index (χ1v) is 7.57. The normalized spacial score (nSPS) is 27.0. The van der Waals surface area contributed by atoms with E-state index in [1.165, 1.54) is 24.9 Å². The van der Waals surface area contributed by atoms with Crippen molar-refractivity contribution >= 4 is 22.9 Å². The fraction of sp³-hybridized carbons (Fsp3) is 0.562. The molecule has 3 heteroatoms. The standard InChI is InChI=1S/C16H24N2S/c1-10-5-4-6-15(12(10)3)18-13-7-8-14(16(17)19)11(2)9-13/h7-10,12,15,18H,4-6H2,1-3H3,(H2,17,19). The number of nitrogens with two attached hydrogens (primary N) is 1. The Morgan fingerprint density at radius 2 is 2.05 bits per heavy atom. The molecule has 19 heavy (non-hydrogen) atoms. The molecule has 2 nitrogen and oxygen atoms in total. The van der Waals surface area contributed by atoms with E-state index in [1.807, 2.05) is 6.07 Å². The van der Waals surface area contributed by atoms with Gasteiger partial charge in [0, 0.05) is 17.3 Å². The molecule has 3 unspecified atom stereocenters. The van der Waals surface area contributed by atoms with E-state index in [2.05, 4.69) is 38.2 Å². The number of nitrogens with one attached hydrogen (secondary N) is 1. The summed E-state index contributed by atoms with van der Waals surface area (Å²) in [5.41, 5.74) is 9.01. The second-order valence-corrected chi connectivity index (χ2v) is 6.35. The predicted molar refractivity (Wildman–Crippen MR) is 86.7 cm³/mol. The first kappa shape index (κ1) is 14.3. The molecule has 1 aliphatic carbocycles. The van der Waals surface area contributed by atoms with Gasteiger partial charge in [-0.1, -0.05) is 38.9 Å². The maximum Gasteiger partial charge on any atom is 0.104 e. The highest BCUT2D eigenvalue weighted by molar-refractivity contribution is 7.80. The molecule has 1 aromatic rings. The highest BCUT2D eigenvalue weighted by Crippen LogP contribution is 2.31. The Labute approximate surface area is 121 Å². The number of anilines is 1. The SMILES string of the molecule is Cc1cc(NC2CCCC(C)C2C)ccc1C(N)=S. The topological polar surface area (TPSA) is 38.0 Å². The van der Waals surface area contributed by atoms with E-state index >= 15 is 0 Å². The monoisotopic (exact) mass is 276 g/mol. The Balaban J connectivity index is 2.11. The molecule has 0 bridgehead atoms. The van der Waals surface area contributed by atoms with Gasteiger partial charge >= 0.3 is 0 Å². The van der Waals surface area contributed by atoms with Crippen LogP contribution in [0.25, 0.3) is 0 Å². The molecule has 0 amide bonds.